The molecule has 3 rings (SSSR count). The molecule has 1 saturated heterocycles. The van der Waals surface area contributed by atoms with Crippen LogP contribution in [0.15, 0.2) is 0 Å². The lowest BCUT2D eigenvalue weighted by Gasteiger charge is -2.37. The Balaban J connectivity index is 1.44. The SMILES string of the molecule is O=C1CCC(CC2CCC3(CC2)OCCO3)CC1. The fraction of sp³-hybridized carbons (Fsp3) is 0.933. The fourth-order valence-electron chi connectivity index (χ4n) is 3.85. The topological polar surface area (TPSA) is 35.5 Å². The lowest BCUT2D eigenvalue weighted by atomic mass is 9.76. The van der Waals surface area contributed by atoms with Gasteiger partial charge in [0.1, 0.15) is 5.78 Å². The van der Waals surface area contributed by atoms with Crippen LogP contribution >= 0.6 is 0 Å². The van der Waals surface area contributed by atoms with Gasteiger partial charge in [-0.1, -0.05) is 0 Å². The van der Waals surface area contributed by atoms with E-state index in [1.54, 1.807) is 0 Å². The predicted molar refractivity (Wildman–Crippen MR) is 68.2 cm³/mol. The molecule has 1 aliphatic heterocycles. The third kappa shape index (κ3) is 2.77. The Labute approximate surface area is 109 Å². The first-order valence-electron chi connectivity index (χ1n) is 7.55. The summed E-state index contributed by atoms with van der Waals surface area (Å²) >= 11 is 0. The molecule has 0 unspecified atom stereocenters. The summed E-state index contributed by atoms with van der Waals surface area (Å²) < 4.78 is 11.5. The molecule has 0 N–H and O–H groups in total. The Bertz CT molecular complexity index is 287. The average Bonchev–Trinajstić information content (AvgIpc) is 2.84. The van der Waals surface area contributed by atoms with Gasteiger partial charge in [-0.2, -0.15) is 0 Å². The molecular formula is C15H24O3. The maximum Gasteiger partial charge on any atom is 0.168 e. The summed E-state index contributed by atoms with van der Waals surface area (Å²) in [7, 11) is 0. The van der Waals surface area contributed by atoms with Crippen molar-refractivity contribution in [1.82, 2.24) is 0 Å². The standard InChI is InChI=1S/C15H24O3/c16-14-3-1-12(2-4-14)11-13-5-7-15(8-6-13)17-9-10-18-15/h12-13H,1-11H2. The van der Waals surface area contributed by atoms with E-state index in [2.05, 4.69) is 0 Å². The first-order chi connectivity index (χ1) is 8.76. The Kier molecular flexibility index (Phi) is 3.71. The summed E-state index contributed by atoms with van der Waals surface area (Å²) in [6.45, 7) is 1.55. The zero-order chi connectivity index (χ0) is 12.4. The van der Waals surface area contributed by atoms with Gasteiger partial charge < -0.3 is 9.47 Å². The number of ether oxygens (including phenoxy) is 2. The molecule has 2 aliphatic carbocycles. The minimum absolute atomic E-state index is 0.209. The van der Waals surface area contributed by atoms with E-state index in [9.17, 15) is 4.79 Å². The summed E-state index contributed by atoms with van der Waals surface area (Å²) in [6, 6.07) is 0. The van der Waals surface area contributed by atoms with Gasteiger partial charge in [0.05, 0.1) is 13.2 Å². The van der Waals surface area contributed by atoms with Gasteiger partial charge in [0.25, 0.3) is 0 Å². The molecule has 3 fully saturated rings. The molecular weight excluding hydrogens is 228 g/mol. The van der Waals surface area contributed by atoms with Crippen LogP contribution in [0, 0.1) is 11.8 Å². The summed E-state index contributed by atoms with van der Waals surface area (Å²) in [6.07, 6.45) is 9.87. The molecule has 0 aromatic carbocycles. The Morgan fingerprint density at radius 3 is 2.11 bits per heavy atom. The lowest BCUT2D eigenvalue weighted by molar-refractivity contribution is -0.183. The minimum atomic E-state index is -0.209. The van der Waals surface area contributed by atoms with E-state index in [0.29, 0.717) is 5.78 Å². The van der Waals surface area contributed by atoms with Crippen molar-refractivity contribution in [2.24, 2.45) is 11.8 Å². The molecule has 0 amide bonds. The van der Waals surface area contributed by atoms with Gasteiger partial charge in [0.2, 0.25) is 0 Å². The zero-order valence-corrected chi connectivity index (χ0v) is 11.2. The maximum atomic E-state index is 11.2. The van der Waals surface area contributed by atoms with Crippen LogP contribution in [-0.4, -0.2) is 24.8 Å². The Hall–Kier alpha value is -0.410. The number of Topliss-reactive ketones (excluding diaryl/α,β-unsaturated/α-hetero) is 1. The van der Waals surface area contributed by atoms with Gasteiger partial charge in [0, 0.05) is 25.7 Å². The van der Waals surface area contributed by atoms with E-state index in [-0.39, 0.29) is 5.79 Å². The molecule has 1 spiro atoms. The smallest absolute Gasteiger partial charge is 0.168 e. The average molecular weight is 252 g/mol. The zero-order valence-electron chi connectivity index (χ0n) is 11.2. The maximum absolute atomic E-state index is 11.2. The summed E-state index contributed by atoms with van der Waals surface area (Å²) in [4.78, 5) is 11.2. The molecule has 0 radical (unpaired) electrons. The fourth-order valence-corrected chi connectivity index (χ4v) is 3.85. The minimum Gasteiger partial charge on any atom is -0.348 e. The molecule has 3 heteroatoms. The highest BCUT2D eigenvalue weighted by atomic mass is 16.7. The van der Waals surface area contributed by atoms with E-state index in [1.807, 2.05) is 0 Å². The van der Waals surface area contributed by atoms with E-state index in [4.69, 9.17) is 9.47 Å². The van der Waals surface area contributed by atoms with Crippen molar-refractivity contribution in [3.63, 3.8) is 0 Å². The van der Waals surface area contributed by atoms with Crippen molar-refractivity contribution in [3.05, 3.63) is 0 Å². The molecule has 18 heavy (non-hydrogen) atoms. The second-order valence-corrected chi connectivity index (χ2v) is 6.27. The Morgan fingerprint density at radius 2 is 1.50 bits per heavy atom. The van der Waals surface area contributed by atoms with Crippen LogP contribution < -0.4 is 0 Å². The first kappa shape index (κ1) is 12.6. The number of hydrogen-bond donors (Lipinski definition) is 0. The second-order valence-electron chi connectivity index (χ2n) is 6.27. The third-order valence-electron chi connectivity index (χ3n) is 5.01. The Morgan fingerprint density at radius 1 is 0.944 bits per heavy atom. The molecule has 0 bridgehead atoms. The van der Waals surface area contributed by atoms with Gasteiger partial charge in [-0.3, -0.25) is 4.79 Å². The molecule has 0 atom stereocenters. The third-order valence-corrected chi connectivity index (χ3v) is 5.01. The van der Waals surface area contributed by atoms with Gasteiger partial charge >= 0.3 is 0 Å². The summed E-state index contributed by atoms with van der Waals surface area (Å²) in [5.41, 5.74) is 0. The highest BCUT2D eigenvalue weighted by molar-refractivity contribution is 5.78. The summed E-state index contributed by atoms with van der Waals surface area (Å²) in [5, 5.41) is 0. The van der Waals surface area contributed by atoms with E-state index in [0.717, 1.165) is 63.6 Å². The number of carbonyl (C=O) groups excluding carboxylic acids is 1. The van der Waals surface area contributed by atoms with Crippen molar-refractivity contribution >= 4 is 5.78 Å². The van der Waals surface area contributed by atoms with Gasteiger partial charge in [-0.25, -0.2) is 0 Å². The number of rotatable bonds is 2. The molecule has 1 heterocycles. The van der Waals surface area contributed by atoms with Crippen molar-refractivity contribution in [2.75, 3.05) is 13.2 Å². The predicted octanol–water partition coefficient (Wildman–Crippen LogP) is 3.07. The molecule has 2 saturated carbocycles. The van der Waals surface area contributed by atoms with Crippen LogP contribution in [0.5, 0.6) is 0 Å². The van der Waals surface area contributed by atoms with Crippen LogP contribution in [0.25, 0.3) is 0 Å². The molecule has 3 aliphatic rings. The van der Waals surface area contributed by atoms with Gasteiger partial charge in [-0.15, -0.1) is 0 Å². The van der Waals surface area contributed by atoms with Crippen molar-refractivity contribution in [3.8, 4) is 0 Å². The normalized spacial score (nSPS) is 30.1. The molecule has 3 nitrogen and oxygen atoms in total. The molecule has 0 aromatic heterocycles. The number of hydrogen-bond acceptors (Lipinski definition) is 3. The number of ketones is 1. The largest absolute Gasteiger partial charge is 0.348 e. The van der Waals surface area contributed by atoms with Crippen LogP contribution in [0.2, 0.25) is 0 Å². The van der Waals surface area contributed by atoms with E-state index >= 15 is 0 Å². The first-order valence-corrected chi connectivity index (χ1v) is 7.55. The van der Waals surface area contributed by atoms with Crippen LogP contribution in [0.3, 0.4) is 0 Å². The van der Waals surface area contributed by atoms with E-state index in [1.165, 1.54) is 19.3 Å². The van der Waals surface area contributed by atoms with Gasteiger partial charge in [0.15, 0.2) is 5.79 Å². The second kappa shape index (κ2) is 5.30. The highest BCUT2D eigenvalue weighted by Crippen LogP contribution is 2.41. The van der Waals surface area contributed by atoms with Crippen LogP contribution in [-0.2, 0) is 14.3 Å². The quantitative estimate of drug-likeness (QED) is 0.757. The van der Waals surface area contributed by atoms with Crippen molar-refractivity contribution in [1.29, 1.82) is 0 Å². The molecule has 102 valence electrons. The molecule has 0 aromatic rings. The monoisotopic (exact) mass is 252 g/mol. The van der Waals surface area contributed by atoms with Crippen LogP contribution in [0.4, 0.5) is 0 Å². The summed E-state index contributed by atoms with van der Waals surface area (Å²) in [5.74, 6) is 1.90. The highest BCUT2D eigenvalue weighted by Gasteiger charge is 2.40. The lowest BCUT2D eigenvalue weighted by Crippen LogP contribution is -2.35. The van der Waals surface area contributed by atoms with Crippen LogP contribution in [0.1, 0.15) is 57.8 Å². The van der Waals surface area contributed by atoms with Crippen molar-refractivity contribution in [2.45, 2.75) is 63.6 Å². The van der Waals surface area contributed by atoms with Gasteiger partial charge in [-0.05, 0) is 43.9 Å². The van der Waals surface area contributed by atoms with Crippen molar-refractivity contribution < 1.29 is 14.3 Å². The van der Waals surface area contributed by atoms with E-state index < -0.39 is 0 Å². The number of carbonyl (C=O) groups is 1.